The zero-order valence-corrected chi connectivity index (χ0v) is 16.9. The van der Waals surface area contributed by atoms with Crippen LogP contribution in [0.15, 0.2) is 58.4 Å². The number of hydrogen-bond acceptors (Lipinski definition) is 4. The van der Waals surface area contributed by atoms with Crippen molar-refractivity contribution in [1.29, 1.82) is 0 Å². The third-order valence-corrected chi connectivity index (χ3v) is 6.31. The van der Waals surface area contributed by atoms with E-state index in [-0.39, 0.29) is 22.7 Å². The molecule has 0 radical (unpaired) electrons. The maximum atomic E-state index is 13.2. The first-order chi connectivity index (χ1) is 13.6. The minimum atomic E-state index is -0.00391. The van der Waals surface area contributed by atoms with Crippen LogP contribution in [0, 0.1) is 0 Å². The van der Waals surface area contributed by atoms with Gasteiger partial charge in [-0.2, -0.15) is 0 Å². The highest BCUT2D eigenvalue weighted by Crippen LogP contribution is 2.39. The van der Waals surface area contributed by atoms with Crippen LogP contribution in [0.5, 0.6) is 5.75 Å². The van der Waals surface area contributed by atoms with Crippen LogP contribution < -0.4 is 0 Å². The van der Waals surface area contributed by atoms with Crippen molar-refractivity contribution < 1.29 is 9.90 Å². The molecule has 1 saturated heterocycles. The standard InChI is InChI=1S/C22H21ClN2O2S/c23-18-13-15(11-12-19(18)26)14-20-21(27)25(17-9-5-2-6-10-17)22(28-20)24-16-7-3-1-4-8-16/h1,3-4,7-8,11-14,17,26H,2,5-6,9-10H2/b20-14+,24-22?. The molecule has 1 aliphatic heterocycles. The van der Waals surface area contributed by atoms with Crippen LogP contribution in [-0.4, -0.2) is 27.1 Å². The Morgan fingerprint density at radius 2 is 1.86 bits per heavy atom. The highest BCUT2D eigenvalue weighted by molar-refractivity contribution is 8.18. The second-order valence-electron chi connectivity index (χ2n) is 7.02. The Balaban J connectivity index is 1.69. The Labute approximate surface area is 173 Å². The number of carbonyl (C=O) groups is 1. The summed E-state index contributed by atoms with van der Waals surface area (Å²) in [7, 11) is 0. The molecule has 28 heavy (non-hydrogen) atoms. The molecule has 4 nitrogen and oxygen atoms in total. The topological polar surface area (TPSA) is 52.9 Å². The highest BCUT2D eigenvalue weighted by atomic mass is 35.5. The minimum absolute atomic E-state index is 0.00391. The summed E-state index contributed by atoms with van der Waals surface area (Å²) in [6.45, 7) is 0. The van der Waals surface area contributed by atoms with E-state index in [9.17, 15) is 9.90 Å². The fourth-order valence-electron chi connectivity index (χ4n) is 3.60. The molecule has 144 valence electrons. The molecule has 0 aromatic heterocycles. The van der Waals surface area contributed by atoms with E-state index in [4.69, 9.17) is 16.6 Å². The molecule has 6 heteroatoms. The lowest BCUT2D eigenvalue weighted by Gasteiger charge is -2.30. The molecule has 4 rings (SSSR count). The quantitative estimate of drug-likeness (QED) is 0.630. The predicted molar refractivity (Wildman–Crippen MR) is 116 cm³/mol. The van der Waals surface area contributed by atoms with E-state index in [1.54, 1.807) is 12.1 Å². The Bertz CT molecular complexity index is 937. The summed E-state index contributed by atoms with van der Waals surface area (Å²) in [6, 6.07) is 14.9. The van der Waals surface area contributed by atoms with Gasteiger partial charge in [0.25, 0.3) is 5.91 Å². The molecule has 0 bridgehead atoms. The first kappa shape index (κ1) is 19.1. The zero-order chi connectivity index (χ0) is 19.5. The number of rotatable bonds is 3. The number of carbonyl (C=O) groups excluding carboxylic acids is 1. The van der Waals surface area contributed by atoms with Gasteiger partial charge in [0.05, 0.1) is 15.6 Å². The van der Waals surface area contributed by atoms with Gasteiger partial charge in [0, 0.05) is 6.04 Å². The lowest BCUT2D eigenvalue weighted by Crippen LogP contribution is -2.40. The number of phenolic OH excluding ortho intramolecular Hbond substituents is 1. The van der Waals surface area contributed by atoms with E-state index in [1.807, 2.05) is 41.3 Å². The Kier molecular flexibility index (Phi) is 5.74. The van der Waals surface area contributed by atoms with Crippen LogP contribution in [0.3, 0.4) is 0 Å². The van der Waals surface area contributed by atoms with Gasteiger partial charge in [-0.05, 0) is 60.5 Å². The number of para-hydroxylation sites is 1. The van der Waals surface area contributed by atoms with E-state index < -0.39 is 0 Å². The summed E-state index contributed by atoms with van der Waals surface area (Å²) in [4.78, 5) is 20.5. The van der Waals surface area contributed by atoms with Crippen LogP contribution >= 0.6 is 23.4 Å². The molecule has 0 spiro atoms. The third kappa shape index (κ3) is 4.10. The maximum absolute atomic E-state index is 13.2. The average Bonchev–Trinajstić information content (AvgIpc) is 3.01. The second-order valence-corrected chi connectivity index (χ2v) is 8.43. The molecule has 2 aromatic rings. The van der Waals surface area contributed by atoms with Crippen LogP contribution in [-0.2, 0) is 4.79 Å². The van der Waals surface area contributed by atoms with Gasteiger partial charge >= 0.3 is 0 Å². The molecule has 2 fully saturated rings. The molecule has 2 aliphatic rings. The van der Waals surface area contributed by atoms with Gasteiger partial charge in [0.2, 0.25) is 0 Å². The van der Waals surface area contributed by atoms with Gasteiger partial charge < -0.3 is 5.11 Å². The van der Waals surface area contributed by atoms with E-state index in [0.717, 1.165) is 42.1 Å². The number of benzene rings is 2. The van der Waals surface area contributed by atoms with Gasteiger partial charge in [-0.25, -0.2) is 4.99 Å². The Hall–Kier alpha value is -2.24. The minimum Gasteiger partial charge on any atom is -0.506 e. The smallest absolute Gasteiger partial charge is 0.267 e. The molecule has 2 aromatic carbocycles. The summed E-state index contributed by atoms with van der Waals surface area (Å²) >= 11 is 7.42. The average molecular weight is 413 g/mol. The second kappa shape index (κ2) is 8.41. The number of aromatic hydroxyl groups is 1. The van der Waals surface area contributed by atoms with Crippen LogP contribution in [0.25, 0.3) is 6.08 Å². The van der Waals surface area contributed by atoms with E-state index in [1.165, 1.54) is 24.2 Å². The van der Waals surface area contributed by atoms with Gasteiger partial charge in [0.1, 0.15) is 5.75 Å². The van der Waals surface area contributed by atoms with Crippen molar-refractivity contribution in [3.63, 3.8) is 0 Å². The molecular formula is C22H21ClN2O2S. The zero-order valence-electron chi connectivity index (χ0n) is 15.3. The largest absolute Gasteiger partial charge is 0.506 e. The van der Waals surface area contributed by atoms with Crippen LogP contribution in [0.2, 0.25) is 5.02 Å². The fraction of sp³-hybridized carbons (Fsp3) is 0.273. The molecular weight excluding hydrogens is 392 g/mol. The van der Waals surface area contributed by atoms with Crippen molar-refractivity contribution in [2.75, 3.05) is 0 Å². The molecule has 1 saturated carbocycles. The number of hydrogen-bond donors (Lipinski definition) is 1. The highest BCUT2D eigenvalue weighted by Gasteiger charge is 2.38. The van der Waals surface area contributed by atoms with Gasteiger partial charge in [-0.1, -0.05) is 55.1 Å². The number of nitrogens with zero attached hydrogens (tertiary/aromatic N) is 2. The first-order valence-corrected chi connectivity index (χ1v) is 10.7. The Morgan fingerprint density at radius 1 is 1.11 bits per heavy atom. The van der Waals surface area contributed by atoms with Crippen molar-refractivity contribution in [2.45, 2.75) is 38.1 Å². The summed E-state index contributed by atoms with van der Waals surface area (Å²) in [5.41, 5.74) is 1.62. The first-order valence-electron chi connectivity index (χ1n) is 9.47. The van der Waals surface area contributed by atoms with Crippen LogP contribution in [0.1, 0.15) is 37.7 Å². The van der Waals surface area contributed by atoms with Crippen molar-refractivity contribution in [3.8, 4) is 5.75 Å². The fourth-order valence-corrected chi connectivity index (χ4v) is 4.85. The molecule has 1 amide bonds. The SMILES string of the molecule is O=C1/C(=C\c2ccc(O)c(Cl)c2)SC(=Nc2ccccc2)N1C1CCCCC1. The van der Waals surface area contributed by atoms with Crippen molar-refractivity contribution in [1.82, 2.24) is 4.90 Å². The summed E-state index contributed by atoms with van der Waals surface area (Å²) in [5, 5.41) is 10.6. The normalized spacial score (nSPS) is 21.0. The number of halogens is 1. The molecule has 1 heterocycles. The van der Waals surface area contributed by atoms with Crippen molar-refractivity contribution in [3.05, 3.63) is 64.0 Å². The van der Waals surface area contributed by atoms with Crippen molar-refractivity contribution >= 4 is 46.2 Å². The van der Waals surface area contributed by atoms with Crippen LogP contribution in [0.4, 0.5) is 5.69 Å². The predicted octanol–water partition coefficient (Wildman–Crippen LogP) is 5.98. The summed E-state index contributed by atoms with van der Waals surface area (Å²) < 4.78 is 0. The van der Waals surface area contributed by atoms with Crippen molar-refractivity contribution in [2.24, 2.45) is 4.99 Å². The number of phenols is 1. The maximum Gasteiger partial charge on any atom is 0.267 e. The van der Waals surface area contributed by atoms with E-state index in [0.29, 0.717) is 4.91 Å². The summed E-state index contributed by atoms with van der Waals surface area (Å²) in [5.74, 6) is 0.0279. The lowest BCUT2D eigenvalue weighted by atomic mass is 9.94. The summed E-state index contributed by atoms with van der Waals surface area (Å²) in [6.07, 6.45) is 7.36. The number of amidine groups is 1. The number of amides is 1. The monoisotopic (exact) mass is 412 g/mol. The van der Waals surface area contributed by atoms with Gasteiger partial charge in [-0.15, -0.1) is 0 Å². The van der Waals surface area contributed by atoms with E-state index >= 15 is 0 Å². The molecule has 1 aliphatic carbocycles. The third-order valence-electron chi connectivity index (χ3n) is 5.03. The molecule has 0 unspecified atom stereocenters. The van der Waals surface area contributed by atoms with E-state index in [2.05, 4.69) is 0 Å². The van der Waals surface area contributed by atoms with Gasteiger partial charge in [-0.3, -0.25) is 9.69 Å². The molecule has 0 atom stereocenters. The Morgan fingerprint density at radius 3 is 2.57 bits per heavy atom. The number of aliphatic imine (C=N–C) groups is 1. The van der Waals surface area contributed by atoms with Gasteiger partial charge in [0.15, 0.2) is 5.17 Å². The number of thioether (sulfide) groups is 1. The lowest BCUT2D eigenvalue weighted by molar-refractivity contribution is -0.124. The molecule has 1 N–H and O–H groups in total.